The van der Waals surface area contributed by atoms with E-state index in [2.05, 4.69) is 10.4 Å². The van der Waals surface area contributed by atoms with E-state index < -0.39 is 27.6 Å². The molecule has 0 atom stereocenters. The van der Waals surface area contributed by atoms with Crippen molar-refractivity contribution in [1.29, 1.82) is 0 Å². The van der Waals surface area contributed by atoms with Crippen LogP contribution in [0.1, 0.15) is 10.4 Å². The highest BCUT2D eigenvalue weighted by Gasteiger charge is 2.20. The number of aromatic nitrogens is 2. The summed E-state index contributed by atoms with van der Waals surface area (Å²) in [4.78, 5) is 11.5. The van der Waals surface area contributed by atoms with E-state index in [0.29, 0.717) is 6.07 Å². The number of nitrogens with two attached hydrogens (primary N) is 1. The van der Waals surface area contributed by atoms with Crippen molar-refractivity contribution in [2.75, 3.05) is 5.32 Å². The monoisotopic (exact) mass is 316 g/mol. The number of carbonyl (C=O) groups excluding carboxylic acids is 1. The van der Waals surface area contributed by atoms with Gasteiger partial charge in [-0.1, -0.05) is 0 Å². The van der Waals surface area contributed by atoms with Crippen molar-refractivity contribution in [3.8, 4) is 0 Å². The quantitative estimate of drug-likeness (QED) is 0.864. The van der Waals surface area contributed by atoms with Crippen LogP contribution in [0.5, 0.6) is 0 Å². The number of halogens is 2. The van der Waals surface area contributed by atoms with E-state index in [4.69, 9.17) is 5.14 Å². The van der Waals surface area contributed by atoms with E-state index in [1.165, 1.54) is 7.05 Å². The zero-order chi connectivity index (χ0) is 15.8. The summed E-state index contributed by atoms with van der Waals surface area (Å²) in [6.45, 7) is 0. The van der Waals surface area contributed by atoms with Gasteiger partial charge in [0.15, 0.2) is 17.5 Å². The van der Waals surface area contributed by atoms with Crippen molar-refractivity contribution in [3.63, 3.8) is 0 Å². The third-order valence-electron chi connectivity index (χ3n) is 2.52. The van der Waals surface area contributed by atoms with Gasteiger partial charge in [0.25, 0.3) is 5.91 Å². The number of sulfonamides is 1. The fourth-order valence-corrected chi connectivity index (χ4v) is 2.24. The zero-order valence-electron chi connectivity index (χ0n) is 10.7. The van der Waals surface area contributed by atoms with E-state index in [1.807, 2.05) is 0 Å². The summed E-state index contributed by atoms with van der Waals surface area (Å²) < 4.78 is 49.7. The van der Waals surface area contributed by atoms with Crippen LogP contribution >= 0.6 is 0 Å². The van der Waals surface area contributed by atoms with Crippen molar-refractivity contribution >= 4 is 21.7 Å². The molecule has 0 aliphatic carbocycles. The molecule has 1 heterocycles. The fraction of sp³-hybridized carbons (Fsp3) is 0.0909. The van der Waals surface area contributed by atoms with Gasteiger partial charge in [-0.25, -0.2) is 22.3 Å². The second-order valence-electron chi connectivity index (χ2n) is 4.14. The molecule has 112 valence electrons. The molecule has 0 aliphatic heterocycles. The van der Waals surface area contributed by atoms with Crippen molar-refractivity contribution in [1.82, 2.24) is 9.78 Å². The maximum absolute atomic E-state index is 13.1. The fourth-order valence-electron chi connectivity index (χ4n) is 1.58. The Hall–Kier alpha value is -2.33. The summed E-state index contributed by atoms with van der Waals surface area (Å²) in [6.07, 6.45) is 1.11. The maximum Gasteiger partial charge on any atom is 0.257 e. The lowest BCUT2D eigenvalue weighted by atomic mass is 10.2. The topological polar surface area (TPSA) is 107 Å². The lowest BCUT2D eigenvalue weighted by Gasteiger charge is -2.04. The molecule has 21 heavy (non-hydrogen) atoms. The van der Waals surface area contributed by atoms with Gasteiger partial charge < -0.3 is 5.32 Å². The van der Waals surface area contributed by atoms with Crippen LogP contribution in [0.25, 0.3) is 0 Å². The van der Waals surface area contributed by atoms with Crippen LogP contribution in [0.3, 0.4) is 0 Å². The number of primary sulfonamides is 1. The third-order valence-corrected chi connectivity index (χ3v) is 3.43. The molecule has 0 unspecified atom stereocenters. The van der Waals surface area contributed by atoms with Crippen molar-refractivity contribution in [2.24, 2.45) is 12.2 Å². The molecule has 3 N–H and O–H groups in total. The Morgan fingerprint density at radius 3 is 2.57 bits per heavy atom. The normalized spacial score (nSPS) is 11.4. The molecule has 0 aliphatic rings. The van der Waals surface area contributed by atoms with Crippen LogP contribution in [-0.4, -0.2) is 24.1 Å². The molecule has 1 amide bonds. The van der Waals surface area contributed by atoms with Crippen LogP contribution in [-0.2, 0) is 17.1 Å². The van der Waals surface area contributed by atoms with Crippen LogP contribution in [0.4, 0.5) is 14.6 Å². The molecular formula is C11H10F2N4O3S. The molecular weight excluding hydrogens is 306 g/mol. The number of rotatable bonds is 3. The highest BCUT2D eigenvalue weighted by Crippen LogP contribution is 2.18. The average molecular weight is 316 g/mol. The minimum absolute atomic E-state index is 0.195. The van der Waals surface area contributed by atoms with Gasteiger partial charge in [0.05, 0.1) is 0 Å². The lowest BCUT2D eigenvalue weighted by Crippen LogP contribution is -2.18. The van der Waals surface area contributed by atoms with Gasteiger partial charge in [-0.15, -0.1) is 0 Å². The first-order valence-electron chi connectivity index (χ1n) is 5.51. The second kappa shape index (κ2) is 5.22. The summed E-state index contributed by atoms with van der Waals surface area (Å²) >= 11 is 0. The smallest absolute Gasteiger partial charge is 0.257 e. The summed E-state index contributed by atoms with van der Waals surface area (Å²) in [5, 5.41) is 10.9. The number of hydrogen-bond donors (Lipinski definition) is 2. The number of carbonyl (C=O) groups is 1. The van der Waals surface area contributed by atoms with E-state index in [-0.39, 0.29) is 16.3 Å². The molecule has 2 aromatic rings. The molecule has 1 aromatic carbocycles. The molecule has 0 saturated carbocycles. The average Bonchev–Trinajstić information content (AvgIpc) is 2.73. The number of hydrogen-bond acceptors (Lipinski definition) is 4. The van der Waals surface area contributed by atoms with E-state index in [1.54, 1.807) is 0 Å². The number of amides is 1. The number of benzene rings is 1. The van der Waals surface area contributed by atoms with E-state index >= 15 is 0 Å². The van der Waals surface area contributed by atoms with Crippen LogP contribution < -0.4 is 10.5 Å². The van der Waals surface area contributed by atoms with Crippen molar-refractivity contribution < 1.29 is 22.0 Å². The van der Waals surface area contributed by atoms with Crippen LogP contribution in [0.2, 0.25) is 0 Å². The predicted molar refractivity (Wildman–Crippen MR) is 68.9 cm³/mol. The third kappa shape index (κ3) is 3.23. The minimum Gasteiger partial charge on any atom is -0.304 e. The first-order chi connectivity index (χ1) is 9.68. The first-order valence-corrected chi connectivity index (χ1v) is 7.06. The summed E-state index contributed by atoms with van der Waals surface area (Å²) in [5.74, 6) is -3.45. The van der Waals surface area contributed by atoms with Gasteiger partial charge in [0.2, 0.25) is 10.0 Å². The summed E-state index contributed by atoms with van der Waals surface area (Å²) in [7, 11) is -2.66. The molecule has 0 fully saturated rings. The molecule has 0 spiro atoms. The van der Waals surface area contributed by atoms with Crippen LogP contribution in [0.15, 0.2) is 29.3 Å². The summed E-state index contributed by atoms with van der Waals surface area (Å²) in [5.41, 5.74) is -0.195. The van der Waals surface area contributed by atoms with Gasteiger partial charge in [0, 0.05) is 18.8 Å². The Balaban J connectivity index is 2.34. The summed E-state index contributed by atoms with van der Waals surface area (Å²) in [6, 6.07) is 2.51. The Morgan fingerprint density at radius 1 is 1.33 bits per heavy atom. The zero-order valence-corrected chi connectivity index (χ0v) is 11.5. The highest BCUT2D eigenvalue weighted by atomic mass is 32.2. The molecule has 7 nitrogen and oxygen atoms in total. The number of nitrogens with one attached hydrogen (secondary N) is 1. The SMILES string of the molecule is Cn1cc(S(N)(=O)=O)c(NC(=O)c2ccc(F)c(F)c2)n1. The van der Waals surface area contributed by atoms with Crippen molar-refractivity contribution in [3.05, 3.63) is 41.6 Å². The predicted octanol–water partition coefficient (Wildman–Crippen LogP) is 0.598. The Bertz CT molecular complexity index is 817. The van der Waals surface area contributed by atoms with E-state index in [0.717, 1.165) is 23.0 Å². The van der Waals surface area contributed by atoms with Gasteiger partial charge >= 0.3 is 0 Å². The van der Waals surface area contributed by atoms with Gasteiger partial charge in [0.1, 0.15) is 4.90 Å². The van der Waals surface area contributed by atoms with Gasteiger partial charge in [-0.2, -0.15) is 5.10 Å². The van der Waals surface area contributed by atoms with Gasteiger partial charge in [-0.05, 0) is 18.2 Å². The Kier molecular flexibility index (Phi) is 3.75. The first kappa shape index (κ1) is 15.1. The molecule has 2 rings (SSSR count). The molecule has 0 bridgehead atoms. The minimum atomic E-state index is -4.09. The van der Waals surface area contributed by atoms with Gasteiger partial charge in [-0.3, -0.25) is 9.48 Å². The van der Waals surface area contributed by atoms with Crippen molar-refractivity contribution in [2.45, 2.75) is 4.90 Å². The molecule has 0 radical (unpaired) electrons. The molecule has 10 heteroatoms. The number of aryl methyl sites for hydroxylation is 1. The largest absolute Gasteiger partial charge is 0.304 e. The Morgan fingerprint density at radius 2 is 2.00 bits per heavy atom. The lowest BCUT2D eigenvalue weighted by molar-refractivity contribution is 0.102. The standard InChI is InChI=1S/C11H10F2N4O3S/c1-17-5-9(21(14,19)20)10(16-17)15-11(18)6-2-3-7(12)8(13)4-6/h2-5H,1H3,(H2,14,19,20)(H,15,16,18). The second-order valence-corrected chi connectivity index (χ2v) is 5.67. The van der Waals surface area contributed by atoms with E-state index in [9.17, 15) is 22.0 Å². The van der Waals surface area contributed by atoms with Crippen LogP contribution in [0, 0.1) is 11.6 Å². The molecule has 1 aromatic heterocycles. The molecule has 0 saturated heterocycles. The number of anilines is 1. The Labute approximate surface area is 118 Å². The highest BCUT2D eigenvalue weighted by molar-refractivity contribution is 7.89. The number of nitrogens with zero attached hydrogens (tertiary/aromatic N) is 2. The maximum atomic E-state index is 13.1.